The Balaban J connectivity index is 1.91. The van der Waals surface area contributed by atoms with E-state index in [2.05, 4.69) is 6.92 Å². The van der Waals surface area contributed by atoms with Gasteiger partial charge >= 0.3 is 0 Å². The lowest BCUT2D eigenvalue weighted by molar-refractivity contribution is 0.0721. The third kappa shape index (κ3) is 3.95. The van der Waals surface area contributed by atoms with Gasteiger partial charge in [0, 0.05) is 17.0 Å². The first-order chi connectivity index (χ1) is 9.61. The Kier molecular flexibility index (Phi) is 5.86. The minimum atomic E-state index is -0.480. The highest BCUT2D eigenvalue weighted by Gasteiger charge is 2.27. The molecule has 0 amide bonds. The van der Waals surface area contributed by atoms with E-state index in [1.54, 1.807) is 12.1 Å². The summed E-state index contributed by atoms with van der Waals surface area (Å²) in [6, 6.07) is 4.69. The third-order valence-corrected chi connectivity index (χ3v) is 4.96. The molecule has 112 valence electrons. The second-order valence-corrected chi connectivity index (χ2v) is 6.45. The average Bonchev–Trinajstić information content (AvgIpc) is 2.44. The van der Waals surface area contributed by atoms with Crippen LogP contribution < -0.4 is 0 Å². The zero-order valence-corrected chi connectivity index (χ0v) is 12.9. The van der Waals surface area contributed by atoms with Gasteiger partial charge in [0.1, 0.15) is 5.82 Å². The summed E-state index contributed by atoms with van der Waals surface area (Å²) in [6.45, 7) is 2.22. The standard InChI is InChI=1S/C17H24ClFO/c1-2-4-12-7-9-13(10-8-12)17(20)11-14-15(18)5-3-6-16(14)19/h3,5-6,12-13,17,20H,2,4,7-11H2,1H3. The number of halogens is 2. The van der Waals surface area contributed by atoms with Crippen LogP contribution in [-0.4, -0.2) is 11.2 Å². The van der Waals surface area contributed by atoms with Crippen molar-refractivity contribution in [2.24, 2.45) is 11.8 Å². The van der Waals surface area contributed by atoms with Crippen LogP contribution in [0.3, 0.4) is 0 Å². The molecule has 1 unspecified atom stereocenters. The molecule has 0 bridgehead atoms. The Hall–Kier alpha value is -0.600. The van der Waals surface area contributed by atoms with E-state index in [9.17, 15) is 9.50 Å². The fourth-order valence-corrected chi connectivity index (χ4v) is 3.61. The second kappa shape index (κ2) is 7.42. The lowest BCUT2D eigenvalue weighted by atomic mass is 9.77. The number of aliphatic hydroxyl groups excluding tert-OH is 1. The summed E-state index contributed by atoms with van der Waals surface area (Å²) in [5.41, 5.74) is 0.456. The molecular formula is C17H24ClFO. The maximum absolute atomic E-state index is 13.7. The van der Waals surface area contributed by atoms with Crippen molar-refractivity contribution in [3.05, 3.63) is 34.6 Å². The topological polar surface area (TPSA) is 20.2 Å². The average molecular weight is 299 g/mol. The van der Waals surface area contributed by atoms with E-state index in [1.165, 1.54) is 31.7 Å². The highest BCUT2D eigenvalue weighted by Crippen LogP contribution is 2.34. The molecule has 1 aliphatic rings. The van der Waals surface area contributed by atoms with Gasteiger partial charge in [-0.3, -0.25) is 0 Å². The highest BCUT2D eigenvalue weighted by molar-refractivity contribution is 6.31. The summed E-state index contributed by atoms with van der Waals surface area (Å²) in [7, 11) is 0. The molecule has 1 nitrogen and oxygen atoms in total. The quantitative estimate of drug-likeness (QED) is 0.812. The van der Waals surface area contributed by atoms with Crippen molar-refractivity contribution in [1.29, 1.82) is 0 Å². The molecule has 0 heterocycles. The van der Waals surface area contributed by atoms with Crippen molar-refractivity contribution in [1.82, 2.24) is 0 Å². The maximum Gasteiger partial charge on any atom is 0.127 e. The van der Waals surface area contributed by atoms with Crippen LogP contribution in [0.1, 0.15) is 51.0 Å². The van der Waals surface area contributed by atoms with Crippen molar-refractivity contribution < 1.29 is 9.50 Å². The molecule has 1 atom stereocenters. The maximum atomic E-state index is 13.7. The van der Waals surface area contributed by atoms with Crippen molar-refractivity contribution >= 4 is 11.6 Å². The van der Waals surface area contributed by atoms with E-state index in [0.29, 0.717) is 22.9 Å². The number of rotatable bonds is 5. The van der Waals surface area contributed by atoms with Crippen LogP contribution in [0, 0.1) is 17.7 Å². The van der Waals surface area contributed by atoms with Gasteiger partial charge in [0.05, 0.1) is 6.10 Å². The largest absolute Gasteiger partial charge is 0.392 e. The monoisotopic (exact) mass is 298 g/mol. The van der Waals surface area contributed by atoms with E-state index in [1.807, 2.05) is 0 Å². The van der Waals surface area contributed by atoms with Crippen LogP contribution in [0.15, 0.2) is 18.2 Å². The van der Waals surface area contributed by atoms with Gasteiger partial charge in [-0.15, -0.1) is 0 Å². The molecular weight excluding hydrogens is 275 g/mol. The second-order valence-electron chi connectivity index (χ2n) is 6.04. The first-order valence-corrected chi connectivity index (χ1v) is 8.10. The molecule has 0 aromatic heterocycles. The van der Waals surface area contributed by atoms with Crippen LogP contribution in [-0.2, 0) is 6.42 Å². The summed E-state index contributed by atoms with van der Waals surface area (Å²) in [6.07, 6.45) is 6.88. The normalized spacial score (nSPS) is 24.6. The molecule has 0 aliphatic heterocycles. The van der Waals surface area contributed by atoms with Gasteiger partial charge in [-0.25, -0.2) is 4.39 Å². The fraction of sp³-hybridized carbons (Fsp3) is 0.647. The number of aliphatic hydroxyl groups is 1. The minimum Gasteiger partial charge on any atom is -0.392 e. The molecule has 1 fully saturated rings. The van der Waals surface area contributed by atoms with E-state index < -0.39 is 6.10 Å². The summed E-state index contributed by atoms with van der Waals surface area (Å²) in [5, 5.41) is 10.8. The van der Waals surface area contributed by atoms with Crippen molar-refractivity contribution in [3.8, 4) is 0 Å². The predicted molar refractivity (Wildman–Crippen MR) is 81.5 cm³/mol. The van der Waals surface area contributed by atoms with E-state index in [-0.39, 0.29) is 5.82 Å². The fourth-order valence-electron chi connectivity index (χ4n) is 3.37. The summed E-state index contributed by atoms with van der Waals surface area (Å²) < 4.78 is 13.7. The Bertz CT molecular complexity index is 407. The Morgan fingerprint density at radius 3 is 2.60 bits per heavy atom. The van der Waals surface area contributed by atoms with Gasteiger partial charge in [-0.2, -0.15) is 0 Å². The smallest absolute Gasteiger partial charge is 0.127 e. The lowest BCUT2D eigenvalue weighted by Gasteiger charge is -2.31. The summed E-state index contributed by atoms with van der Waals surface area (Å²) >= 11 is 6.03. The summed E-state index contributed by atoms with van der Waals surface area (Å²) in [5.74, 6) is 0.801. The van der Waals surface area contributed by atoms with E-state index >= 15 is 0 Å². The molecule has 0 radical (unpaired) electrons. The van der Waals surface area contributed by atoms with Crippen LogP contribution in [0.5, 0.6) is 0 Å². The number of benzene rings is 1. The van der Waals surface area contributed by atoms with E-state index in [4.69, 9.17) is 11.6 Å². The van der Waals surface area contributed by atoms with Crippen LogP contribution >= 0.6 is 11.6 Å². The first-order valence-electron chi connectivity index (χ1n) is 7.72. The van der Waals surface area contributed by atoms with Crippen LogP contribution in [0.25, 0.3) is 0 Å². The predicted octanol–water partition coefficient (Wildman–Crippen LogP) is 4.99. The van der Waals surface area contributed by atoms with Gasteiger partial charge in [0.2, 0.25) is 0 Å². The van der Waals surface area contributed by atoms with Crippen molar-refractivity contribution in [3.63, 3.8) is 0 Å². The van der Waals surface area contributed by atoms with Gasteiger partial charge in [-0.05, 0) is 36.8 Å². The van der Waals surface area contributed by atoms with Crippen LogP contribution in [0.4, 0.5) is 4.39 Å². The zero-order valence-electron chi connectivity index (χ0n) is 12.1. The van der Waals surface area contributed by atoms with Crippen molar-refractivity contribution in [2.45, 2.75) is 58.0 Å². The first kappa shape index (κ1) is 15.8. The Labute approximate surface area is 126 Å². The molecule has 1 saturated carbocycles. The third-order valence-electron chi connectivity index (χ3n) is 4.61. The molecule has 1 N–H and O–H groups in total. The molecule has 3 heteroatoms. The molecule has 0 spiro atoms. The number of hydrogen-bond donors (Lipinski definition) is 1. The molecule has 0 saturated heterocycles. The van der Waals surface area contributed by atoms with Gasteiger partial charge in [0.25, 0.3) is 0 Å². The number of hydrogen-bond acceptors (Lipinski definition) is 1. The zero-order chi connectivity index (χ0) is 14.5. The van der Waals surface area contributed by atoms with Gasteiger partial charge < -0.3 is 5.11 Å². The molecule has 20 heavy (non-hydrogen) atoms. The SMILES string of the molecule is CCCC1CCC(C(O)Cc2c(F)cccc2Cl)CC1. The van der Waals surface area contributed by atoms with E-state index in [0.717, 1.165) is 18.8 Å². The summed E-state index contributed by atoms with van der Waals surface area (Å²) in [4.78, 5) is 0. The van der Waals surface area contributed by atoms with Gasteiger partial charge in [0.15, 0.2) is 0 Å². The Morgan fingerprint density at radius 2 is 2.00 bits per heavy atom. The Morgan fingerprint density at radius 1 is 1.30 bits per heavy atom. The molecule has 1 aliphatic carbocycles. The molecule has 2 rings (SSSR count). The molecule has 1 aromatic carbocycles. The molecule has 1 aromatic rings. The van der Waals surface area contributed by atoms with Crippen LogP contribution in [0.2, 0.25) is 5.02 Å². The lowest BCUT2D eigenvalue weighted by Crippen LogP contribution is -2.28. The highest BCUT2D eigenvalue weighted by atomic mass is 35.5. The van der Waals surface area contributed by atoms with Gasteiger partial charge in [-0.1, -0.05) is 50.3 Å². The minimum absolute atomic E-state index is 0.291. The van der Waals surface area contributed by atoms with Crippen molar-refractivity contribution in [2.75, 3.05) is 0 Å².